The van der Waals surface area contributed by atoms with Crippen LogP contribution in [0.5, 0.6) is 5.75 Å². The summed E-state index contributed by atoms with van der Waals surface area (Å²) < 4.78 is 59.9. The number of nitrogens with one attached hydrogen (secondary N) is 2. The van der Waals surface area contributed by atoms with Crippen molar-refractivity contribution < 1.29 is 26.4 Å². The summed E-state index contributed by atoms with van der Waals surface area (Å²) in [6.45, 7) is 6.95. The van der Waals surface area contributed by atoms with Crippen molar-refractivity contribution in [3.8, 4) is 5.75 Å². The lowest BCUT2D eigenvalue weighted by atomic mass is 10.1. The van der Waals surface area contributed by atoms with Crippen LogP contribution in [0.25, 0.3) is 0 Å². The van der Waals surface area contributed by atoms with Crippen LogP contribution in [0.15, 0.2) is 65.6 Å². The zero-order valence-electron chi connectivity index (χ0n) is 21.6. The van der Waals surface area contributed by atoms with E-state index in [2.05, 4.69) is 10.0 Å². The number of anilines is 3. The molecule has 0 spiro atoms. The van der Waals surface area contributed by atoms with Crippen molar-refractivity contribution in [2.24, 2.45) is 0 Å². The van der Waals surface area contributed by atoms with Gasteiger partial charge >= 0.3 is 0 Å². The van der Waals surface area contributed by atoms with Crippen LogP contribution >= 0.6 is 0 Å². The summed E-state index contributed by atoms with van der Waals surface area (Å²) in [5.41, 5.74) is 3.47. The van der Waals surface area contributed by atoms with Gasteiger partial charge in [-0.1, -0.05) is 18.2 Å². The molecule has 0 aliphatic carbocycles. The van der Waals surface area contributed by atoms with Crippen LogP contribution in [0.1, 0.15) is 23.6 Å². The van der Waals surface area contributed by atoms with Crippen LogP contribution < -0.4 is 19.1 Å². The summed E-state index contributed by atoms with van der Waals surface area (Å²) in [5.74, 6) is -0.184. The Bertz CT molecular complexity index is 1520. The predicted octanol–water partition coefficient (Wildman–Crippen LogP) is 4.21. The van der Waals surface area contributed by atoms with Gasteiger partial charge < -0.3 is 10.1 Å². The molecule has 0 unspecified atom stereocenters. The van der Waals surface area contributed by atoms with Crippen LogP contribution in [-0.4, -0.2) is 42.2 Å². The number of hydrogen-bond donors (Lipinski definition) is 2. The Morgan fingerprint density at radius 1 is 0.892 bits per heavy atom. The molecule has 0 heterocycles. The second-order valence-corrected chi connectivity index (χ2v) is 12.4. The van der Waals surface area contributed by atoms with Crippen molar-refractivity contribution >= 4 is 43.0 Å². The highest BCUT2D eigenvalue weighted by atomic mass is 32.2. The van der Waals surface area contributed by atoms with E-state index in [4.69, 9.17) is 4.74 Å². The first kappa shape index (κ1) is 28.0. The lowest BCUT2D eigenvalue weighted by molar-refractivity contribution is -0.116. The van der Waals surface area contributed by atoms with Crippen molar-refractivity contribution in [2.45, 2.75) is 38.6 Å². The smallest absolute Gasteiger partial charge is 0.262 e. The normalized spacial score (nSPS) is 12.5. The highest BCUT2D eigenvalue weighted by molar-refractivity contribution is 7.92. The fraction of sp³-hybridized carbons (Fsp3) is 0.269. The third-order valence-electron chi connectivity index (χ3n) is 5.72. The summed E-state index contributed by atoms with van der Waals surface area (Å²) in [4.78, 5) is 13.0. The monoisotopic (exact) mass is 545 g/mol. The molecule has 0 saturated heterocycles. The van der Waals surface area contributed by atoms with E-state index >= 15 is 0 Å². The van der Waals surface area contributed by atoms with E-state index in [9.17, 15) is 21.6 Å². The highest BCUT2D eigenvalue weighted by Gasteiger charge is 2.30. The lowest BCUT2D eigenvalue weighted by Crippen LogP contribution is -2.45. The molecule has 1 amide bonds. The van der Waals surface area contributed by atoms with E-state index in [0.29, 0.717) is 28.4 Å². The van der Waals surface area contributed by atoms with Gasteiger partial charge in [0.25, 0.3) is 10.0 Å². The molecule has 2 N–H and O–H groups in total. The number of benzene rings is 3. The average molecular weight is 546 g/mol. The largest absolute Gasteiger partial charge is 0.495 e. The minimum absolute atomic E-state index is 0.0183. The number of ether oxygens (including phenoxy) is 1. The molecule has 11 heteroatoms. The third-order valence-corrected chi connectivity index (χ3v) is 8.33. The molecule has 198 valence electrons. The van der Waals surface area contributed by atoms with E-state index in [1.54, 1.807) is 37.3 Å². The standard InChI is InChI=1S/C26H31N3O6S2/c1-17-8-14-25(35-5)23(15-17)28-37(33,34)22-12-10-21(11-13-22)27-26(30)20(4)29(36(6,31)32)24-16-18(2)7-9-19(24)3/h7-16,20,28H,1-6H3,(H,27,30)/t20-/m0/s1. The molecule has 37 heavy (non-hydrogen) atoms. The number of hydrogen-bond acceptors (Lipinski definition) is 6. The molecular formula is C26H31N3O6S2. The quantitative estimate of drug-likeness (QED) is 0.415. The zero-order chi connectivity index (χ0) is 27.5. The maximum absolute atomic E-state index is 13.0. The van der Waals surface area contributed by atoms with Gasteiger partial charge in [0.2, 0.25) is 15.9 Å². The molecule has 9 nitrogen and oxygen atoms in total. The van der Waals surface area contributed by atoms with Crippen LogP contribution in [0.4, 0.5) is 17.1 Å². The number of methoxy groups -OCH3 is 1. The number of nitrogens with zero attached hydrogens (tertiary/aromatic N) is 1. The SMILES string of the molecule is COc1ccc(C)cc1NS(=O)(=O)c1ccc(NC(=O)[C@H](C)N(c2cc(C)ccc2C)S(C)(=O)=O)cc1. The van der Waals surface area contributed by atoms with Crippen LogP contribution in [-0.2, 0) is 24.8 Å². The fourth-order valence-electron chi connectivity index (χ4n) is 3.81. The van der Waals surface area contributed by atoms with Gasteiger partial charge in [-0.2, -0.15) is 0 Å². The Labute approximate surface area is 218 Å². The van der Waals surface area contributed by atoms with Crippen LogP contribution in [0, 0.1) is 20.8 Å². The summed E-state index contributed by atoms with van der Waals surface area (Å²) in [7, 11) is -6.27. The Hall–Kier alpha value is -3.57. The van der Waals surface area contributed by atoms with Crippen molar-refractivity contribution in [1.82, 2.24) is 0 Å². The number of aryl methyl sites for hydroxylation is 3. The number of rotatable bonds is 9. The molecule has 0 fully saturated rings. The Morgan fingerprint density at radius 3 is 2.08 bits per heavy atom. The minimum atomic E-state index is -3.93. The van der Waals surface area contributed by atoms with Gasteiger partial charge in [-0.05, 0) is 86.8 Å². The number of carbonyl (C=O) groups excluding carboxylic acids is 1. The Balaban J connectivity index is 1.81. The molecule has 0 bridgehead atoms. The van der Waals surface area contributed by atoms with Crippen LogP contribution in [0.3, 0.4) is 0 Å². The van der Waals surface area contributed by atoms with Gasteiger partial charge in [0.05, 0.1) is 29.6 Å². The molecule has 1 atom stereocenters. The molecule has 3 aromatic rings. The summed E-state index contributed by atoms with van der Waals surface area (Å²) in [5, 5.41) is 2.67. The van der Waals surface area contributed by atoms with E-state index in [1.807, 2.05) is 19.9 Å². The first-order chi connectivity index (χ1) is 17.2. The van der Waals surface area contributed by atoms with E-state index in [0.717, 1.165) is 21.7 Å². The molecule has 3 aromatic carbocycles. The van der Waals surface area contributed by atoms with Gasteiger partial charge in [-0.3, -0.25) is 13.8 Å². The summed E-state index contributed by atoms with van der Waals surface area (Å²) in [6, 6.07) is 15.0. The molecule has 0 aromatic heterocycles. The fourth-order valence-corrected chi connectivity index (χ4v) is 6.09. The van der Waals surface area contributed by atoms with Gasteiger partial charge in [0.15, 0.2) is 0 Å². The average Bonchev–Trinajstić information content (AvgIpc) is 2.80. The molecule has 3 rings (SSSR count). The lowest BCUT2D eigenvalue weighted by Gasteiger charge is -2.29. The van der Waals surface area contributed by atoms with Gasteiger partial charge in [0, 0.05) is 5.69 Å². The zero-order valence-corrected chi connectivity index (χ0v) is 23.2. The van der Waals surface area contributed by atoms with Crippen LogP contribution in [0.2, 0.25) is 0 Å². The predicted molar refractivity (Wildman–Crippen MR) is 146 cm³/mol. The van der Waals surface area contributed by atoms with E-state index in [-0.39, 0.29) is 4.90 Å². The number of amides is 1. The Kier molecular flexibility index (Phi) is 8.19. The van der Waals surface area contributed by atoms with E-state index < -0.39 is 32.0 Å². The molecule has 0 saturated carbocycles. The van der Waals surface area contributed by atoms with Crippen molar-refractivity contribution in [3.63, 3.8) is 0 Å². The van der Waals surface area contributed by atoms with E-state index in [1.165, 1.54) is 38.3 Å². The maximum Gasteiger partial charge on any atom is 0.262 e. The second kappa shape index (κ2) is 10.8. The molecule has 0 aliphatic heterocycles. The molecule has 0 radical (unpaired) electrons. The van der Waals surface area contributed by atoms with Gasteiger partial charge in [-0.25, -0.2) is 16.8 Å². The minimum Gasteiger partial charge on any atom is -0.495 e. The third kappa shape index (κ3) is 6.60. The molecular weight excluding hydrogens is 514 g/mol. The van der Waals surface area contributed by atoms with Crippen molar-refractivity contribution in [2.75, 3.05) is 27.7 Å². The summed E-state index contributed by atoms with van der Waals surface area (Å²) >= 11 is 0. The summed E-state index contributed by atoms with van der Waals surface area (Å²) in [6.07, 6.45) is 1.05. The van der Waals surface area contributed by atoms with Gasteiger partial charge in [0.1, 0.15) is 11.8 Å². The number of sulfonamides is 2. The number of carbonyl (C=O) groups is 1. The van der Waals surface area contributed by atoms with Crippen molar-refractivity contribution in [1.29, 1.82) is 0 Å². The topological polar surface area (TPSA) is 122 Å². The Morgan fingerprint density at radius 2 is 1.49 bits per heavy atom. The van der Waals surface area contributed by atoms with Crippen molar-refractivity contribution in [3.05, 3.63) is 77.4 Å². The first-order valence-electron chi connectivity index (χ1n) is 11.4. The first-order valence-corrected chi connectivity index (χ1v) is 14.7. The highest BCUT2D eigenvalue weighted by Crippen LogP contribution is 2.29. The van der Waals surface area contributed by atoms with Gasteiger partial charge in [-0.15, -0.1) is 0 Å². The second-order valence-electron chi connectivity index (χ2n) is 8.85. The maximum atomic E-state index is 13.0. The molecule has 0 aliphatic rings.